The van der Waals surface area contributed by atoms with Gasteiger partial charge in [0.1, 0.15) is 0 Å². The lowest BCUT2D eigenvalue weighted by Crippen LogP contribution is -2.39. The first kappa shape index (κ1) is 14.9. The molecule has 1 aromatic carbocycles. The molecule has 1 aromatic rings. The predicted octanol–water partition coefficient (Wildman–Crippen LogP) is 3.29. The fraction of sp³-hybridized carbons (Fsp3) is 0.529. The molecule has 0 saturated carbocycles. The van der Waals surface area contributed by atoms with Crippen LogP contribution in [0.25, 0.3) is 0 Å². The lowest BCUT2D eigenvalue weighted by atomic mass is 9.78. The largest absolute Gasteiger partial charge is 0.493 e. The molecule has 3 heteroatoms. The Labute approximate surface area is 122 Å². The maximum Gasteiger partial charge on any atom is 0.161 e. The van der Waals surface area contributed by atoms with Crippen molar-refractivity contribution in [3.63, 3.8) is 0 Å². The third-order valence-corrected chi connectivity index (χ3v) is 4.03. The van der Waals surface area contributed by atoms with E-state index in [4.69, 9.17) is 9.47 Å². The Morgan fingerprint density at radius 2 is 1.75 bits per heavy atom. The van der Waals surface area contributed by atoms with Crippen LogP contribution in [0.5, 0.6) is 11.5 Å². The first-order valence-electron chi connectivity index (χ1n) is 7.22. The van der Waals surface area contributed by atoms with E-state index in [-0.39, 0.29) is 5.41 Å². The summed E-state index contributed by atoms with van der Waals surface area (Å²) in [6, 6.07) is 6.78. The van der Waals surface area contributed by atoms with E-state index in [1.54, 1.807) is 14.2 Å². The summed E-state index contributed by atoms with van der Waals surface area (Å²) in [5.41, 5.74) is 1.46. The molecular formula is C17H25NO2. The molecule has 1 aliphatic rings. The highest BCUT2D eigenvalue weighted by Crippen LogP contribution is 2.40. The van der Waals surface area contributed by atoms with Crippen LogP contribution in [0, 0.1) is 0 Å². The van der Waals surface area contributed by atoms with Crippen LogP contribution >= 0.6 is 0 Å². The van der Waals surface area contributed by atoms with E-state index in [0.717, 1.165) is 30.9 Å². The molecule has 0 fully saturated rings. The highest BCUT2D eigenvalue weighted by Gasteiger charge is 2.33. The van der Waals surface area contributed by atoms with Crippen molar-refractivity contribution >= 4 is 0 Å². The van der Waals surface area contributed by atoms with Gasteiger partial charge >= 0.3 is 0 Å². The van der Waals surface area contributed by atoms with Crippen molar-refractivity contribution < 1.29 is 9.47 Å². The third-order valence-electron chi connectivity index (χ3n) is 4.03. The van der Waals surface area contributed by atoms with Crippen LogP contribution < -0.4 is 14.8 Å². The number of nitrogens with one attached hydrogen (secondary N) is 1. The molecule has 1 aliphatic carbocycles. The fourth-order valence-electron chi connectivity index (χ4n) is 2.75. The molecule has 110 valence electrons. The average molecular weight is 275 g/mol. The molecule has 0 aromatic heterocycles. The number of allylic oxidation sites excluding steroid dienone is 2. The van der Waals surface area contributed by atoms with Crippen molar-refractivity contribution in [2.45, 2.75) is 38.1 Å². The summed E-state index contributed by atoms with van der Waals surface area (Å²) in [7, 11) is 3.36. The van der Waals surface area contributed by atoms with Crippen molar-refractivity contribution in [1.29, 1.82) is 0 Å². The zero-order valence-electron chi connectivity index (χ0n) is 12.9. The maximum atomic E-state index is 5.44. The second-order valence-electron chi connectivity index (χ2n) is 5.77. The van der Waals surface area contributed by atoms with Crippen LogP contribution in [-0.4, -0.2) is 26.8 Å². The second-order valence-corrected chi connectivity index (χ2v) is 5.77. The van der Waals surface area contributed by atoms with Crippen molar-refractivity contribution in [2.75, 3.05) is 20.8 Å². The molecule has 0 atom stereocenters. The van der Waals surface area contributed by atoms with Gasteiger partial charge in [0.15, 0.2) is 11.5 Å². The Balaban J connectivity index is 2.29. The molecule has 1 N–H and O–H groups in total. The zero-order valence-corrected chi connectivity index (χ0v) is 12.9. The minimum atomic E-state index is 0.143. The quantitative estimate of drug-likeness (QED) is 0.808. The Kier molecular flexibility index (Phi) is 4.71. The number of hydrogen-bond acceptors (Lipinski definition) is 3. The van der Waals surface area contributed by atoms with Crippen LogP contribution in [0.4, 0.5) is 0 Å². The Morgan fingerprint density at radius 1 is 1.10 bits per heavy atom. The van der Waals surface area contributed by atoms with Gasteiger partial charge in [-0.1, -0.05) is 32.1 Å². The van der Waals surface area contributed by atoms with E-state index in [2.05, 4.69) is 43.4 Å². The van der Waals surface area contributed by atoms with Gasteiger partial charge in [-0.2, -0.15) is 0 Å². The summed E-state index contributed by atoms with van der Waals surface area (Å²) in [5, 5.41) is 3.58. The lowest BCUT2D eigenvalue weighted by molar-refractivity contribution is 0.350. The Hall–Kier alpha value is -1.48. The van der Waals surface area contributed by atoms with Crippen LogP contribution in [0.1, 0.15) is 32.3 Å². The molecule has 20 heavy (non-hydrogen) atoms. The van der Waals surface area contributed by atoms with E-state index in [0.29, 0.717) is 6.04 Å². The molecule has 0 saturated heterocycles. The van der Waals surface area contributed by atoms with Crippen molar-refractivity contribution in [2.24, 2.45) is 0 Å². The van der Waals surface area contributed by atoms with E-state index >= 15 is 0 Å². The van der Waals surface area contributed by atoms with Crippen molar-refractivity contribution in [3.8, 4) is 11.5 Å². The van der Waals surface area contributed by atoms with Crippen LogP contribution in [-0.2, 0) is 5.41 Å². The molecular weight excluding hydrogens is 250 g/mol. The smallest absolute Gasteiger partial charge is 0.161 e. The second kappa shape index (κ2) is 6.31. The molecule has 0 bridgehead atoms. The van der Waals surface area contributed by atoms with E-state index in [1.165, 1.54) is 5.56 Å². The van der Waals surface area contributed by atoms with Gasteiger partial charge in [0.2, 0.25) is 0 Å². The first-order chi connectivity index (χ1) is 9.61. The van der Waals surface area contributed by atoms with E-state index in [9.17, 15) is 0 Å². The molecule has 0 amide bonds. The monoisotopic (exact) mass is 275 g/mol. The summed E-state index contributed by atoms with van der Waals surface area (Å²) in [6.45, 7) is 5.35. The molecule has 0 radical (unpaired) electrons. The van der Waals surface area contributed by atoms with Gasteiger partial charge in [0.25, 0.3) is 0 Å². The number of ether oxygens (including phenoxy) is 2. The standard InChI is InChI=1S/C17H25NO2/c1-13(2)18-12-17(9-5-6-10-17)14-7-8-15(19-3)16(11-14)20-4/h5-8,11,13,18H,9-10,12H2,1-4H3. The number of rotatable bonds is 6. The number of hydrogen-bond donors (Lipinski definition) is 1. The molecule has 3 nitrogen and oxygen atoms in total. The zero-order chi connectivity index (χ0) is 14.6. The molecule has 0 spiro atoms. The molecule has 0 heterocycles. The van der Waals surface area contributed by atoms with Gasteiger partial charge in [-0.3, -0.25) is 0 Å². The summed E-state index contributed by atoms with van der Waals surface area (Å²) < 4.78 is 10.8. The highest BCUT2D eigenvalue weighted by atomic mass is 16.5. The van der Waals surface area contributed by atoms with Crippen LogP contribution in [0.15, 0.2) is 30.4 Å². The topological polar surface area (TPSA) is 30.5 Å². The van der Waals surface area contributed by atoms with Gasteiger partial charge in [0.05, 0.1) is 14.2 Å². The summed E-state index contributed by atoms with van der Waals surface area (Å²) in [6.07, 6.45) is 6.70. The molecule has 2 rings (SSSR count). The molecule has 0 aliphatic heterocycles. The van der Waals surface area contributed by atoms with E-state index < -0.39 is 0 Å². The van der Waals surface area contributed by atoms with Gasteiger partial charge in [-0.15, -0.1) is 0 Å². The Bertz CT molecular complexity index is 472. The summed E-state index contributed by atoms with van der Waals surface area (Å²) >= 11 is 0. The minimum Gasteiger partial charge on any atom is -0.493 e. The third kappa shape index (κ3) is 2.98. The minimum absolute atomic E-state index is 0.143. The lowest BCUT2D eigenvalue weighted by Gasteiger charge is -2.31. The number of benzene rings is 1. The summed E-state index contributed by atoms with van der Waals surface area (Å²) in [4.78, 5) is 0. The highest BCUT2D eigenvalue weighted by molar-refractivity contribution is 5.46. The first-order valence-corrected chi connectivity index (χ1v) is 7.22. The normalized spacial score (nSPS) is 16.6. The van der Waals surface area contributed by atoms with Gasteiger partial charge < -0.3 is 14.8 Å². The summed E-state index contributed by atoms with van der Waals surface area (Å²) in [5.74, 6) is 1.59. The SMILES string of the molecule is COc1ccc(C2(CNC(C)C)CC=CC2)cc1OC. The maximum absolute atomic E-state index is 5.44. The molecule has 0 unspecified atom stereocenters. The average Bonchev–Trinajstić information content (AvgIpc) is 2.94. The van der Waals surface area contributed by atoms with Crippen LogP contribution in [0.3, 0.4) is 0 Å². The number of methoxy groups -OCH3 is 2. The van der Waals surface area contributed by atoms with Crippen molar-refractivity contribution in [1.82, 2.24) is 5.32 Å². The fourth-order valence-corrected chi connectivity index (χ4v) is 2.75. The van der Waals surface area contributed by atoms with Gasteiger partial charge in [0, 0.05) is 18.0 Å². The van der Waals surface area contributed by atoms with E-state index in [1.807, 2.05) is 6.07 Å². The van der Waals surface area contributed by atoms with Crippen LogP contribution in [0.2, 0.25) is 0 Å². The predicted molar refractivity (Wildman–Crippen MR) is 82.7 cm³/mol. The van der Waals surface area contributed by atoms with Gasteiger partial charge in [-0.25, -0.2) is 0 Å². The van der Waals surface area contributed by atoms with Crippen molar-refractivity contribution in [3.05, 3.63) is 35.9 Å². The Morgan fingerprint density at radius 3 is 2.30 bits per heavy atom. The van der Waals surface area contributed by atoms with Gasteiger partial charge in [-0.05, 0) is 30.5 Å².